The molecule has 1 aliphatic rings. The molecule has 3 rings (SSSR count). The van der Waals surface area contributed by atoms with Gasteiger partial charge in [0.05, 0.1) is 19.1 Å². The van der Waals surface area contributed by atoms with E-state index in [4.69, 9.17) is 27.9 Å². The molecule has 2 aromatic carbocycles. The number of sulfonamides is 1. The lowest BCUT2D eigenvalue weighted by Crippen LogP contribution is -2.54. The zero-order chi connectivity index (χ0) is 27.9. The van der Waals surface area contributed by atoms with Gasteiger partial charge in [-0.3, -0.25) is 13.9 Å². The van der Waals surface area contributed by atoms with Crippen LogP contribution in [0.15, 0.2) is 42.5 Å². The zero-order valence-corrected chi connectivity index (χ0v) is 24.3. The first-order valence-electron chi connectivity index (χ1n) is 12.7. The Labute approximate surface area is 235 Å². The third kappa shape index (κ3) is 7.77. The second-order valence-corrected chi connectivity index (χ2v) is 12.2. The predicted molar refractivity (Wildman–Crippen MR) is 151 cm³/mol. The van der Waals surface area contributed by atoms with E-state index >= 15 is 0 Å². The summed E-state index contributed by atoms with van der Waals surface area (Å²) in [6.45, 7) is 1.25. The van der Waals surface area contributed by atoms with Gasteiger partial charge in [0.1, 0.15) is 18.3 Å². The SMILES string of the molecule is CC[C@H](C(=O)NC1CCCCC1)N(Cc1c(Cl)cccc1Cl)C(=O)CN(c1cccc(OC)c1)S(C)(=O)=O. The first-order valence-corrected chi connectivity index (χ1v) is 15.3. The van der Waals surface area contributed by atoms with Crippen LogP contribution in [-0.4, -0.2) is 57.1 Å². The van der Waals surface area contributed by atoms with Crippen LogP contribution in [0.1, 0.15) is 51.0 Å². The number of carbonyl (C=O) groups excluding carboxylic acids is 2. The highest BCUT2D eigenvalue weighted by Crippen LogP contribution is 2.28. The number of rotatable bonds is 11. The Hall–Kier alpha value is -2.49. The van der Waals surface area contributed by atoms with Crippen molar-refractivity contribution in [3.63, 3.8) is 0 Å². The van der Waals surface area contributed by atoms with Crippen molar-refractivity contribution in [2.45, 2.75) is 64.1 Å². The third-order valence-corrected chi connectivity index (χ3v) is 8.60. The molecule has 1 atom stereocenters. The average Bonchev–Trinajstić information content (AvgIpc) is 2.88. The number of hydrogen-bond acceptors (Lipinski definition) is 5. The third-order valence-electron chi connectivity index (χ3n) is 6.75. The van der Waals surface area contributed by atoms with Gasteiger partial charge in [-0.15, -0.1) is 0 Å². The van der Waals surface area contributed by atoms with E-state index in [0.717, 1.165) is 42.7 Å². The van der Waals surface area contributed by atoms with E-state index in [0.29, 0.717) is 27.8 Å². The molecule has 1 N–H and O–H groups in total. The fourth-order valence-corrected chi connectivity index (χ4v) is 6.06. The molecule has 38 heavy (non-hydrogen) atoms. The molecule has 8 nitrogen and oxygen atoms in total. The highest BCUT2D eigenvalue weighted by Gasteiger charge is 2.33. The highest BCUT2D eigenvalue weighted by molar-refractivity contribution is 7.92. The Morgan fingerprint density at radius 1 is 1.08 bits per heavy atom. The molecule has 11 heteroatoms. The van der Waals surface area contributed by atoms with Crippen molar-refractivity contribution in [3.05, 3.63) is 58.1 Å². The van der Waals surface area contributed by atoms with Crippen LogP contribution in [0.5, 0.6) is 5.75 Å². The van der Waals surface area contributed by atoms with E-state index < -0.39 is 28.5 Å². The van der Waals surface area contributed by atoms with Crippen LogP contribution in [0.4, 0.5) is 5.69 Å². The van der Waals surface area contributed by atoms with Gasteiger partial charge in [-0.05, 0) is 43.5 Å². The molecular weight excluding hydrogens is 549 g/mol. The lowest BCUT2D eigenvalue weighted by molar-refractivity contribution is -0.140. The summed E-state index contributed by atoms with van der Waals surface area (Å²) < 4.78 is 31.8. The van der Waals surface area contributed by atoms with Gasteiger partial charge in [-0.25, -0.2) is 8.42 Å². The number of nitrogens with one attached hydrogen (secondary N) is 1. The van der Waals surface area contributed by atoms with Gasteiger partial charge < -0.3 is 15.0 Å². The van der Waals surface area contributed by atoms with Crippen LogP contribution in [-0.2, 0) is 26.2 Å². The molecule has 0 bridgehead atoms. The predicted octanol–water partition coefficient (Wildman–Crippen LogP) is 5.02. The minimum Gasteiger partial charge on any atom is -0.497 e. The number of hydrogen-bond donors (Lipinski definition) is 1. The lowest BCUT2D eigenvalue weighted by atomic mass is 9.95. The Kier molecular flexibility index (Phi) is 10.7. The van der Waals surface area contributed by atoms with Crippen LogP contribution in [0.25, 0.3) is 0 Å². The van der Waals surface area contributed by atoms with Gasteiger partial charge in [-0.2, -0.15) is 0 Å². The van der Waals surface area contributed by atoms with Gasteiger partial charge >= 0.3 is 0 Å². The monoisotopic (exact) mass is 583 g/mol. The molecule has 0 spiro atoms. The summed E-state index contributed by atoms with van der Waals surface area (Å²) in [4.78, 5) is 28.7. The Morgan fingerprint density at radius 3 is 2.29 bits per heavy atom. The smallest absolute Gasteiger partial charge is 0.244 e. The van der Waals surface area contributed by atoms with E-state index in [1.807, 2.05) is 6.92 Å². The van der Waals surface area contributed by atoms with E-state index in [-0.39, 0.29) is 24.2 Å². The molecule has 0 radical (unpaired) electrons. The summed E-state index contributed by atoms with van der Waals surface area (Å²) in [6, 6.07) is 10.7. The maximum absolute atomic E-state index is 13.9. The Morgan fingerprint density at radius 2 is 1.71 bits per heavy atom. The maximum Gasteiger partial charge on any atom is 0.244 e. The molecular formula is C27H35Cl2N3O5S. The summed E-state index contributed by atoms with van der Waals surface area (Å²) >= 11 is 12.9. The summed E-state index contributed by atoms with van der Waals surface area (Å²) in [5.41, 5.74) is 0.760. The molecule has 1 aliphatic carbocycles. The van der Waals surface area contributed by atoms with Crippen molar-refractivity contribution in [1.29, 1.82) is 0 Å². The summed E-state index contributed by atoms with van der Waals surface area (Å²) in [5, 5.41) is 3.81. The van der Waals surface area contributed by atoms with E-state index in [1.165, 1.54) is 18.1 Å². The Bertz CT molecular complexity index is 1210. The number of anilines is 1. The number of benzene rings is 2. The molecule has 0 aromatic heterocycles. The summed E-state index contributed by atoms with van der Waals surface area (Å²) in [7, 11) is -2.39. The number of carbonyl (C=O) groups is 2. The second kappa shape index (κ2) is 13.5. The zero-order valence-electron chi connectivity index (χ0n) is 22.0. The molecule has 0 saturated heterocycles. The normalized spacial score (nSPS) is 15.0. The highest BCUT2D eigenvalue weighted by atomic mass is 35.5. The summed E-state index contributed by atoms with van der Waals surface area (Å²) in [6.07, 6.45) is 6.37. The fourth-order valence-electron chi connectivity index (χ4n) is 4.70. The number of methoxy groups -OCH3 is 1. The first-order chi connectivity index (χ1) is 18.0. The van der Waals surface area contributed by atoms with Gasteiger partial charge in [0.2, 0.25) is 21.8 Å². The number of ether oxygens (including phenoxy) is 1. The first kappa shape index (κ1) is 30.1. The van der Waals surface area contributed by atoms with Crippen molar-refractivity contribution in [2.75, 3.05) is 24.2 Å². The van der Waals surface area contributed by atoms with E-state index in [9.17, 15) is 18.0 Å². The molecule has 0 aliphatic heterocycles. The van der Waals surface area contributed by atoms with Crippen LogP contribution in [0.2, 0.25) is 10.0 Å². The minimum atomic E-state index is -3.86. The largest absolute Gasteiger partial charge is 0.497 e. The molecule has 0 unspecified atom stereocenters. The van der Waals surface area contributed by atoms with Crippen molar-refractivity contribution < 1.29 is 22.7 Å². The average molecular weight is 585 g/mol. The van der Waals surface area contributed by atoms with Gasteiger partial charge in [0, 0.05) is 34.3 Å². The van der Waals surface area contributed by atoms with Gasteiger partial charge in [0.15, 0.2) is 0 Å². The molecule has 2 aromatic rings. The Balaban J connectivity index is 1.97. The fraction of sp³-hybridized carbons (Fsp3) is 0.481. The second-order valence-electron chi connectivity index (χ2n) is 9.46. The molecule has 2 amide bonds. The minimum absolute atomic E-state index is 0.0513. The topological polar surface area (TPSA) is 96.0 Å². The number of halogens is 2. The van der Waals surface area contributed by atoms with Crippen molar-refractivity contribution in [2.24, 2.45) is 0 Å². The quantitative estimate of drug-likeness (QED) is 0.400. The summed E-state index contributed by atoms with van der Waals surface area (Å²) in [5.74, 6) is -0.385. The maximum atomic E-state index is 13.9. The lowest BCUT2D eigenvalue weighted by Gasteiger charge is -2.34. The molecule has 0 heterocycles. The van der Waals surface area contributed by atoms with Crippen molar-refractivity contribution >= 4 is 50.7 Å². The van der Waals surface area contributed by atoms with Crippen molar-refractivity contribution in [1.82, 2.24) is 10.2 Å². The number of amides is 2. The molecule has 208 valence electrons. The van der Waals surface area contributed by atoms with Crippen LogP contribution in [0.3, 0.4) is 0 Å². The molecule has 1 fully saturated rings. The van der Waals surface area contributed by atoms with Crippen LogP contribution in [0, 0.1) is 0 Å². The van der Waals surface area contributed by atoms with E-state index in [2.05, 4.69) is 5.32 Å². The van der Waals surface area contributed by atoms with Gasteiger partial charge in [-0.1, -0.05) is 61.5 Å². The van der Waals surface area contributed by atoms with Crippen molar-refractivity contribution in [3.8, 4) is 5.75 Å². The standard InChI is InChI=1S/C27H35Cl2N3O5S/c1-4-25(27(34)30-19-10-6-5-7-11-19)31(17-22-23(28)14-9-15-24(22)29)26(33)18-32(38(3,35)36)20-12-8-13-21(16-20)37-2/h8-9,12-16,19,25H,4-7,10-11,17-18H2,1-3H3,(H,30,34)/t25-/m1/s1. The number of nitrogens with zero attached hydrogens (tertiary/aromatic N) is 2. The van der Waals surface area contributed by atoms with Crippen LogP contribution >= 0.6 is 23.2 Å². The molecule has 1 saturated carbocycles. The van der Waals surface area contributed by atoms with Crippen LogP contribution < -0.4 is 14.4 Å². The van der Waals surface area contributed by atoms with Gasteiger partial charge in [0.25, 0.3) is 0 Å². The van der Waals surface area contributed by atoms with E-state index in [1.54, 1.807) is 36.4 Å².